The maximum absolute atomic E-state index is 6.27. The average Bonchev–Trinajstić information content (AvgIpc) is 2.34. The molecule has 3 nitrogen and oxygen atoms in total. The molecule has 1 aromatic rings. The lowest BCUT2D eigenvalue weighted by Crippen LogP contribution is -2.41. The highest BCUT2D eigenvalue weighted by Crippen LogP contribution is 2.31. The average molecular weight is 282 g/mol. The maximum atomic E-state index is 6.27. The quantitative estimate of drug-likeness (QED) is 0.784. The first-order valence-electron chi connectivity index (χ1n) is 7.32. The first-order valence-corrected chi connectivity index (χ1v) is 7.70. The number of anilines is 1. The van der Waals surface area contributed by atoms with E-state index in [0.717, 1.165) is 42.5 Å². The molecule has 0 saturated carbocycles. The van der Waals surface area contributed by atoms with Crippen LogP contribution in [-0.2, 0) is 6.42 Å². The van der Waals surface area contributed by atoms with Gasteiger partial charge in [-0.25, -0.2) is 9.97 Å². The molecule has 1 fully saturated rings. The number of hydrogen-bond acceptors (Lipinski definition) is 3. The van der Waals surface area contributed by atoms with Crippen molar-refractivity contribution in [3.05, 3.63) is 16.5 Å². The summed E-state index contributed by atoms with van der Waals surface area (Å²) in [6, 6.07) is 0.530. The number of rotatable bonds is 3. The van der Waals surface area contributed by atoms with Crippen molar-refractivity contribution in [2.75, 3.05) is 11.4 Å². The Balaban J connectivity index is 2.32. The predicted molar refractivity (Wildman–Crippen MR) is 81.0 cm³/mol. The number of halogens is 1. The van der Waals surface area contributed by atoms with Crippen LogP contribution in [0.1, 0.15) is 51.4 Å². The molecule has 2 unspecified atom stereocenters. The van der Waals surface area contributed by atoms with Crippen molar-refractivity contribution >= 4 is 17.4 Å². The third kappa shape index (κ3) is 3.19. The zero-order valence-electron chi connectivity index (χ0n) is 12.4. The monoisotopic (exact) mass is 281 g/mol. The van der Waals surface area contributed by atoms with Gasteiger partial charge >= 0.3 is 0 Å². The first kappa shape index (κ1) is 14.6. The van der Waals surface area contributed by atoms with Crippen molar-refractivity contribution < 1.29 is 0 Å². The fourth-order valence-corrected chi connectivity index (χ4v) is 3.04. The van der Waals surface area contributed by atoms with Gasteiger partial charge in [0, 0.05) is 24.6 Å². The number of nitrogens with zero attached hydrogens (tertiary/aromatic N) is 3. The van der Waals surface area contributed by atoms with E-state index in [4.69, 9.17) is 16.6 Å². The summed E-state index contributed by atoms with van der Waals surface area (Å²) in [6.07, 6.45) is 4.40. The summed E-state index contributed by atoms with van der Waals surface area (Å²) in [5, 5.41) is 0.610. The van der Waals surface area contributed by atoms with Crippen LogP contribution in [0.5, 0.6) is 0 Å². The summed E-state index contributed by atoms with van der Waals surface area (Å²) in [7, 11) is 0. The van der Waals surface area contributed by atoms with Gasteiger partial charge in [0.15, 0.2) is 0 Å². The molecule has 0 aromatic carbocycles. The van der Waals surface area contributed by atoms with Crippen LogP contribution in [0.25, 0.3) is 0 Å². The van der Waals surface area contributed by atoms with E-state index in [9.17, 15) is 0 Å². The summed E-state index contributed by atoms with van der Waals surface area (Å²) >= 11 is 6.27. The second-order valence-corrected chi connectivity index (χ2v) is 6.16. The largest absolute Gasteiger partial charge is 0.354 e. The first-order chi connectivity index (χ1) is 9.02. The second kappa shape index (κ2) is 6.08. The third-order valence-corrected chi connectivity index (χ3v) is 4.36. The van der Waals surface area contributed by atoms with E-state index in [-0.39, 0.29) is 0 Å². The van der Waals surface area contributed by atoms with Gasteiger partial charge in [-0.05, 0) is 39.0 Å². The Hall–Kier alpha value is -0.830. The van der Waals surface area contributed by atoms with Gasteiger partial charge < -0.3 is 4.90 Å². The molecule has 106 valence electrons. The number of hydrogen-bond donors (Lipinski definition) is 0. The van der Waals surface area contributed by atoms with Gasteiger partial charge in [-0.1, -0.05) is 25.4 Å². The molecule has 2 rings (SSSR count). The van der Waals surface area contributed by atoms with E-state index >= 15 is 0 Å². The van der Waals surface area contributed by atoms with E-state index in [2.05, 4.69) is 30.7 Å². The Morgan fingerprint density at radius 3 is 2.68 bits per heavy atom. The van der Waals surface area contributed by atoms with Crippen molar-refractivity contribution in [2.45, 2.75) is 59.4 Å². The van der Waals surface area contributed by atoms with Crippen LogP contribution < -0.4 is 4.90 Å². The molecule has 0 spiro atoms. The summed E-state index contributed by atoms with van der Waals surface area (Å²) in [5.74, 6) is 2.72. The molecule has 0 N–H and O–H groups in total. The summed E-state index contributed by atoms with van der Waals surface area (Å²) in [5.41, 5.74) is 1.02. The fourth-order valence-electron chi connectivity index (χ4n) is 2.86. The predicted octanol–water partition coefficient (Wildman–Crippen LogP) is 4.02. The third-order valence-electron chi connectivity index (χ3n) is 3.99. The number of piperidine rings is 1. The van der Waals surface area contributed by atoms with Gasteiger partial charge in [0.1, 0.15) is 16.8 Å². The molecule has 0 bridgehead atoms. The zero-order chi connectivity index (χ0) is 14.0. The second-order valence-electron chi connectivity index (χ2n) is 5.80. The minimum Gasteiger partial charge on any atom is -0.354 e. The van der Waals surface area contributed by atoms with Crippen molar-refractivity contribution in [3.63, 3.8) is 0 Å². The van der Waals surface area contributed by atoms with E-state index in [1.165, 1.54) is 12.8 Å². The van der Waals surface area contributed by atoms with Crippen LogP contribution in [0.2, 0.25) is 5.15 Å². The highest BCUT2D eigenvalue weighted by Gasteiger charge is 2.26. The molecule has 4 heteroatoms. The van der Waals surface area contributed by atoms with Crippen molar-refractivity contribution in [3.8, 4) is 0 Å². The Morgan fingerprint density at radius 1 is 1.32 bits per heavy atom. The molecule has 0 aliphatic carbocycles. The SMILES string of the molecule is CCCc1nc(Cl)c(C)c(N2CCC(C)CC2C)n1. The summed E-state index contributed by atoms with van der Waals surface area (Å²) < 4.78 is 0. The number of aromatic nitrogens is 2. The summed E-state index contributed by atoms with van der Waals surface area (Å²) in [4.78, 5) is 11.5. The normalized spacial score (nSPS) is 23.7. The molecular weight excluding hydrogens is 258 g/mol. The van der Waals surface area contributed by atoms with Gasteiger partial charge in [-0.3, -0.25) is 0 Å². The minimum atomic E-state index is 0.530. The Morgan fingerprint density at radius 2 is 2.05 bits per heavy atom. The molecule has 1 aliphatic heterocycles. The van der Waals surface area contributed by atoms with E-state index in [0.29, 0.717) is 11.2 Å². The number of aryl methyl sites for hydroxylation is 1. The van der Waals surface area contributed by atoms with Crippen LogP contribution >= 0.6 is 11.6 Å². The van der Waals surface area contributed by atoms with Gasteiger partial charge in [0.05, 0.1) is 0 Å². The lowest BCUT2D eigenvalue weighted by Gasteiger charge is -2.38. The van der Waals surface area contributed by atoms with E-state index < -0.39 is 0 Å². The lowest BCUT2D eigenvalue weighted by atomic mass is 9.93. The molecule has 0 radical (unpaired) electrons. The smallest absolute Gasteiger partial charge is 0.137 e. The van der Waals surface area contributed by atoms with E-state index in [1.54, 1.807) is 0 Å². The van der Waals surface area contributed by atoms with Gasteiger partial charge in [0.2, 0.25) is 0 Å². The molecule has 1 saturated heterocycles. The molecular formula is C15H24ClN3. The molecule has 2 atom stereocenters. The van der Waals surface area contributed by atoms with Crippen molar-refractivity contribution in [2.24, 2.45) is 5.92 Å². The topological polar surface area (TPSA) is 29.0 Å². The standard InChI is InChI=1S/C15H24ClN3/c1-5-6-13-17-14(16)12(4)15(18-13)19-8-7-10(2)9-11(19)3/h10-11H,5-9H2,1-4H3. The van der Waals surface area contributed by atoms with Gasteiger partial charge in [-0.15, -0.1) is 0 Å². The highest BCUT2D eigenvalue weighted by atomic mass is 35.5. The Labute approximate surface area is 121 Å². The maximum Gasteiger partial charge on any atom is 0.137 e. The van der Waals surface area contributed by atoms with Crippen LogP contribution in [-0.4, -0.2) is 22.6 Å². The highest BCUT2D eigenvalue weighted by molar-refractivity contribution is 6.30. The Bertz CT molecular complexity index is 447. The fraction of sp³-hybridized carbons (Fsp3) is 0.733. The van der Waals surface area contributed by atoms with Crippen LogP contribution in [0.4, 0.5) is 5.82 Å². The molecule has 1 aliphatic rings. The van der Waals surface area contributed by atoms with Crippen LogP contribution in [0.3, 0.4) is 0 Å². The zero-order valence-corrected chi connectivity index (χ0v) is 13.2. The lowest BCUT2D eigenvalue weighted by molar-refractivity contribution is 0.375. The van der Waals surface area contributed by atoms with Gasteiger partial charge in [-0.2, -0.15) is 0 Å². The Kier molecular flexibility index (Phi) is 4.67. The molecule has 1 aromatic heterocycles. The van der Waals surface area contributed by atoms with Gasteiger partial charge in [0.25, 0.3) is 0 Å². The molecule has 2 heterocycles. The molecule has 0 amide bonds. The minimum absolute atomic E-state index is 0.530. The van der Waals surface area contributed by atoms with Crippen LogP contribution in [0, 0.1) is 12.8 Å². The summed E-state index contributed by atoms with van der Waals surface area (Å²) in [6.45, 7) is 9.85. The van der Waals surface area contributed by atoms with Crippen molar-refractivity contribution in [1.82, 2.24) is 9.97 Å². The van der Waals surface area contributed by atoms with Crippen molar-refractivity contribution in [1.29, 1.82) is 0 Å². The van der Waals surface area contributed by atoms with Crippen LogP contribution in [0.15, 0.2) is 0 Å². The van der Waals surface area contributed by atoms with E-state index in [1.807, 2.05) is 6.92 Å². The molecule has 19 heavy (non-hydrogen) atoms.